The molecule has 1 aromatic heterocycles. The predicted octanol–water partition coefficient (Wildman–Crippen LogP) is 3.06. The van der Waals surface area contributed by atoms with Gasteiger partial charge < -0.3 is 11.1 Å². The first-order valence-corrected chi connectivity index (χ1v) is 6.50. The van der Waals surface area contributed by atoms with Crippen molar-refractivity contribution in [1.29, 1.82) is 0 Å². The maximum absolute atomic E-state index is 5.99. The third-order valence-electron chi connectivity index (χ3n) is 2.81. The van der Waals surface area contributed by atoms with Crippen molar-refractivity contribution in [2.75, 3.05) is 12.3 Å². The van der Waals surface area contributed by atoms with Crippen LogP contribution < -0.4 is 11.1 Å². The van der Waals surface area contributed by atoms with E-state index >= 15 is 0 Å². The number of anilines is 1. The van der Waals surface area contributed by atoms with Crippen LogP contribution in [-0.4, -0.2) is 11.5 Å². The highest BCUT2D eigenvalue weighted by atomic mass is 14.9. The number of nitrogens with zero attached hydrogens (tertiary/aromatic N) is 1. The number of nitrogens with one attached hydrogen (secondary N) is 1. The summed E-state index contributed by atoms with van der Waals surface area (Å²) in [4.78, 5) is 4.25. The van der Waals surface area contributed by atoms with Gasteiger partial charge >= 0.3 is 0 Å². The number of aromatic nitrogens is 1. The van der Waals surface area contributed by atoms with Crippen LogP contribution in [-0.2, 0) is 0 Å². The Kier molecular flexibility index (Phi) is 5.42. The Morgan fingerprint density at radius 1 is 1.41 bits per heavy atom. The highest BCUT2D eigenvalue weighted by Gasteiger charge is 2.16. The van der Waals surface area contributed by atoms with Crippen LogP contribution in [0.4, 0.5) is 5.82 Å². The molecular formula is C14H25N3. The molecule has 3 heteroatoms. The van der Waals surface area contributed by atoms with Crippen molar-refractivity contribution in [1.82, 2.24) is 10.3 Å². The number of aryl methyl sites for hydroxylation is 1. The first-order valence-electron chi connectivity index (χ1n) is 6.50. The number of hydrogen-bond acceptors (Lipinski definition) is 3. The highest BCUT2D eigenvalue weighted by Crippen LogP contribution is 2.25. The van der Waals surface area contributed by atoms with E-state index in [0.29, 0.717) is 17.8 Å². The van der Waals surface area contributed by atoms with Crippen molar-refractivity contribution in [3.05, 3.63) is 23.4 Å². The highest BCUT2D eigenvalue weighted by molar-refractivity contribution is 5.43. The molecule has 96 valence electrons. The quantitative estimate of drug-likeness (QED) is 0.796. The molecule has 1 unspecified atom stereocenters. The van der Waals surface area contributed by atoms with Gasteiger partial charge in [-0.2, -0.15) is 0 Å². The molecule has 1 rings (SSSR count). The van der Waals surface area contributed by atoms with Crippen LogP contribution in [0, 0.1) is 12.8 Å². The van der Waals surface area contributed by atoms with Crippen molar-refractivity contribution in [3.63, 3.8) is 0 Å². The maximum atomic E-state index is 5.99. The fourth-order valence-corrected chi connectivity index (χ4v) is 1.99. The summed E-state index contributed by atoms with van der Waals surface area (Å²) in [5.41, 5.74) is 8.30. The summed E-state index contributed by atoms with van der Waals surface area (Å²) in [6, 6.07) is 2.47. The molecule has 0 amide bonds. The van der Waals surface area contributed by atoms with E-state index in [2.05, 4.69) is 44.1 Å². The lowest BCUT2D eigenvalue weighted by Gasteiger charge is -2.22. The van der Waals surface area contributed by atoms with Crippen molar-refractivity contribution < 1.29 is 0 Å². The second-order valence-electron chi connectivity index (χ2n) is 5.12. The lowest BCUT2D eigenvalue weighted by molar-refractivity contribution is 0.430. The largest absolute Gasteiger partial charge is 0.383 e. The van der Waals surface area contributed by atoms with Gasteiger partial charge in [-0.05, 0) is 43.9 Å². The van der Waals surface area contributed by atoms with Crippen molar-refractivity contribution in [2.45, 2.75) is 46.6 Å². The van der Waals surface area contributed by atoms with Crippen LogP contribution in [0.3, 0.4) is 0 Å². The molecule has 0 aliphatic heterocycles. The fourth-order valence-electron chi connectivity index (χ4n) is 1.99. The average molecular weight is 235 g/mol. The van der Waals surface area contributed by atoms with Crippen LogP contribution in [0.15, 0.2) is 12.3 Å². The van der Waals surface area contributed by atoms with E-state index in [4.69, 9.17) is 5.73 Å². The Hall–Kier alpha value is -1.09. The van der Waals surface area contributed by atoms with E-state index < -0.39 is 0 Å². The number of pyridine rings is 1. The van der Waals surface area contributed by atoms with Crippen molar-refractivity contribution in [2.24, 2.45) is 5.92 Å². The first-order chi connectivity index (χ1) is 8.04. The Morgan fingerprint density at radius 3 is 2.71 bits per heavy atom. The molecular weight excluding hydrogens is 210 g/mol. The number of rotatable bonds is 6. The number of nitrogens with two attached hydrogens (primary N) is 1. The Labute approximate surface area is 105 Å². The molecule has 0 bridgehead atoms. The zero-order valence-electron chi connectivity index (χ0n) is 11.5. The summed E-state index contributed by atoms with van der Waals surface area (Å²) >= 11 is 0. The zero-order valence-corrected chi connectivity index (χ0v) is 11.5. The molecule has 0 fully saturated rings. The zero-order chi connectivity index (χ0) is 12.8. The van der Waals surface area contributed by atoms with Gasteiger partial charge in [-0.1, -0.05) is 20.8 Å². The van der Waals surface area contributed by atoms with Gasteiger partial charge in [0.1, 0.15) is 5.82 Å². The third kappa shape index (κ3) is 4.35. The van der Waals surface area contributed by atoms with Gasteiger partial charge in [-0.25, -0.2) is 4.98 Å². The summed E-state index contributed by atoms with van der Waals surface area (Å²) in [5.74, 6) is 1.30. The first kappa shape index (κ1) is 14.0. The molecule has 0 saturated carbocycles. The normalized spacial score (nSPS) is 13.0. The Morgan fingerprint density at radius 2 is 2.12 bits per heavy atom. The number of nitrogen functional groups attached to an aromatic ring is 1. The topological polar surface area (TPSA) is 50.9 Å². The molecule has 3 nitrogen and oxygen atoms in total. The Bertz CT molecular complexity index is 347. The molecule has 0 aliphatic rings. The van der Waals surface area contributed by atoms with Crippen LogP contribution in [0.2, 0.25) is 0 Å². The molecule has 0 aliphatic carbocycles. The third-order valence-corrected chi connectivity index (χ3v) is 2.81. The van der Waals surface area contributed by atoms with Gasteiger partial charge in [-0.15, -0.1) is 0 Å². The van der Waals surface area contributed by atoms with Crippen molar-refractivity contribution >= 4 is 5.82 Å². The van der Waals surface area contributed by atoms with E-state index in [1.54, 1.807) is 0 Å². The molecule has 1 heterocycles. The summed E-state index contributed by atoms with van der Waals surface area (Å²) < 4.78 is 0. The molecule has 17 heavy (non-hydrogen) atoms. The minimum absolute atomic E-state index is 0.322. The van der Waals surface area contributed by atoms with Gasteiger partial charge in [0.05, 0.1) is 0 Å². The SMILES string of the molecule is CCCNC(CC(C)C)c1cc(C)cnc1N. The lowest BCUT2D eigenvalue weighted by Crippen LogP contribution is -2.24. The summed E-state index contributed by atoms with van der Waals surface area (Å²) in [6.07, 6.45) is 4.05. The summed E-state index contributed by atoms with van der Waals surface area (Å²) in [6.45, 7) is 9.73. The molecule has 1 atom stereocenters. The van der Waals surface area contributed by atoms with Gasteiger partial charge in [-0.3, -0.25) is 0 Å². The Balaban J connectivity index is 2.90. The standard InChI is InChI=1S/C14H25N3/c1-5-6-16-13(7-10(2)3)12-8-11(4)9-17-14(12)15/h8-10,13,16H,5-7H2,1-4H3,(H2,15,17). The summed E-state index contributed by atoms with van der Waals surface area (Å²) in [7, 11) is 0. The monoisotopic (exact) mass is 235 g/mol. The van der Waals surface area contributed by atoms with Gasteiger partial charge in [0.15, 0.2) is 0 Å². The molecule has 0 radical (unpaired) electrons. The predicted molar refractivity (Wildman–Crippen MR) is 73.9 cm³/mol. The maximum Gasteiger partial charge on any atom is 0.128 e. The van der Waals surface area contributed by atoms with E-state index in [9.17, 15) is 0 Å². The van der Waals surface area contributed by atoms with Gasteiger partial charge in [0, 0.05) is 17.8 Å². The smallest absolute Gasteiger partial charge is 0.128 e. The average Bonchev–Trinajstić information content (AvgIpc) is 2.27. The second kappa shape index (κ2) is 6.60. The lowest BCUT2D eigenvalue weighted by atomic mass is 9.96. The van der Waals surface area contributed by atoms with E-state index in [1.165, 1.54) is 5.56 Å². The van der Waals surface area contributed by atoms with Crippen LogP contribution in [0.1, 0.15) is 50.8 Å². The molecule has 3 N–H and O–H groups in total. The van der Waals surface area contributed by atoms with E-state index in [1.807, 2.05) is 6.20 Å². The van der Waals surface area contributed by atoms with Crippen molar-refractivity contribution in [3.8, 4) is 0 Å². The van der Waals surface area contributed by atoms with E-state index in [0.717, 1.165) is 24.9 Å². The molecule has 0 spiro atoms. The van der Waals surface area contributed by atoms with Crippen LogP contribution in [0.25, 0.3) is 0 Å². The number of hydrogen-bond donors (Lipinski definition) is 2. The molecule has 1 aromatic rings. The minimum atomic E-state index is 0.322. The summed E-state index contributed by atoms with van der Waals surface area (Å²) in [5, 5.41) is 3.57. The van der Waals surface area contributed by atoms with E-state index in [-0.39, 0.29) is 0 Å². The molecule has 0 aromatic carbocycles. The van der Waals surface area contributed by atoms with Crippen LogP contribution in [0.5, 0.6) is 0 Å². The van der Waals surface area contributed by atoms with Gasteiger partial charge in [0.2, 0.25) is 0 Å². The second-order valence-corrected chi connectivity index (χ2v) is 5.12. The van der Waals surface area contributed by atoms with Crippen LogP contribution >= 0.6 is 0 Å². The fraction of sp³-hybridized carbons (Fsp3) is 0.643. The minimum Gasteiger partial charge on any atom is -0.383 e. The molecule has 0 saturated heterocycles. The van der Waals surface area contributed by atoms with Gasteiger partial charge in [0.25, 0.3) is 0 Å².